The van der Waals surface area contributed by atoms with Gasteiger partial charge >= 0.3 is 5.97 Å². The summed E-state index contributed by atoms with van der Waals surface area (Å²) in [5.74, 6) is -2.27. The molecule has 1 saturated carbocycles. The molecule has 0 radical (unpaired) electrons. The number of likely N-dealkylation sites (tertiary alicyclic amines) is 1. The Kier molecular flexibility index (Phi) is 3.15. The summed E-state index contributed by atoms with van der Waals surface area (Å²) in [6, 6.07) is -1.19. The Hall–Kier alpha value is -1.43. The molecule has 2 rings (SSSR count). The van der Waals surface area contributed by atoms with Gasteiger partial charge in [0.05, 0.1) is 6.61 Å². The van der Waals surface area contributed by atoms with Crippen LogP contribution in [-0.4, -0.2) is 47.5 Å². The van der Waals surface area contributed by atoms with Gasteiger partial charge in [0.2, 0.25) is 11.8 Å². The van der Waals surface area contributed by atoms with Crippen LogP contribution in [0.2, 0.25) is 0 Å². The van der Waals surface area contributed by atoms with Crippen molar-refractivity contribution in [3.63, 3.8) is 0 Å². The van der Waals surface area contributed by atoms with Gasteiger partial charge < -0.3 is 9.84 Å². The van der Waals surface area contributed by atoms with Crippen molar-refractivity contribution in [2.45, 2.75) is 25.3 Å². The lowest BCUT2D eigenvalue weighted by Gasteiger charge is -2.33. The van der Waals surface area contributed by atoms with Crippen molar-refractivity contribution in [1.82, 2.24) is 4.90 Å². The molecule has 3 unspecified atom stereocenters. The third-order valence-electron chi connectivity index (χ3n) is 3.53. The van der Waals surface area contributed by atoms with Crippen LogP contribution in [0.3, 0.4) is 0 Å². The van der Waals surface area contributed by atoms with Crippen LogP contribution in [0.4, 0.5) is 0 Å². The van der Waals surface area contributed by atoms with Gasteiger partial charge in [-0.2, -0.15) is 0 Å². The second-order valence-corrected chi connectivity index (χ2v) is 4.56. The lowest BCUT2D eigenvalue weighted by molar-refractivity contribution is -0.165. The van der Waals surface area contributed by atoms with Gasteiger partial charge in [0.25, 0.3) is 0 Å². The summed E-state index contributed by atoms with van der Waals surface area (Å²) in [6.45, 7) is -0.160. The van der Waals surface area contributed by atoms with Gasteiger partial charge in [-0.1, -0.05) is 0 Å². The van der Waals surface area contributed by atoms with Gasteiger partial charge in [-0.25, -0.2) is 4.79 Å². The highest BCUT2D eigenvalue weighted by molar-refractivity contribution is 6.03. The highest BCUT2D eigenvalue weighted by atomic mass is 16.5. The van der Waals surface area contributed by atoms with Crippen molar-refractivity contribution in [2.24, 2.45) is 11.8 Å². The number of ether oxygens (including phenoxy) is 1. The summed E-state index contributed by atoms with van der Waals surface area (Å²) in [4.78, 5) is 36.0. The molecule has 0 aromatic carbocycles. The van der Waals surface area contributed by atoms with Gasteiger partial charge in [0.15, 0.2) is 6.04 Å². The van der Waals surface area contributed by atoms with Crippen molar-refractivity contribution in [2.75, 3.05) is 13.7 Å². The lowest BCUT2D eigenvalue weighted by Crippen LogP contribution is -2.55. The summed E-state index contributed by atoms with van der Waals surface area (Å²) < 4.78 is 4.78. The van der Waals surface area contributed by atoms with E-state index >= 15 is 0 Å². The average molecular weight is 241 g/mol. The molecule has 1 aliphatic heterocycles. The number of imide groups is 1. The van der Waals surface area contributed by atoms with Crippen molar-refractivity contribution in [3.8, 4) is 0 Å². The molecule has 3 atom stereocenters. The topological polar surface area (TPSA) is 83.9 Å². The molecule has 2 amide bonds. The molecule has 0 spiro atoms. The molecule has 0 aromatic rings. The molecule has 6 nitrogen and oxygen atoms in total. The molecule has 1 N–H and O–H groups in total. The Morgan fingerprint density at radius 2 is 1.94 bits per heavy atom. The van der Waals surface area contributed by atoms with E-state index in [-0.39, 0.29) is 30.3 Å². The molecule has 0 aromatic heterocycles. The minimum atomic E-state index is -1.20. The van der Waals surface area contributed by atoms with Gasteiger partial charge in [0, 0.05) is 18.9 Å². The number of fused-ring (bicyclic) bond motifs is 2. The van der Waals surface area contributed by atoms with Crippen LogP contribution in [0.1, 0.15) is 19.3 Å². The zero-order valence-electron chi connectivity index (χ0n) is 9.59. The van der Waals surface area contributed by atoms with Crippen molar-refractivity contribution in [1.29, 1.82) is 0 Å². The van der Waals surface area contributed by atoms with Crippen LogP contribution >= 0.6 is 0 Å². The normalized spacial score (nSPS) is 29.6. The van der Waals surface area contributed by atoms with Crippen LogP contribution in [0.25, 0.3) is 0 Å². The zero-order valence-corrected chi connectivity index (χ0v) is 9.59. The van der Waals surface area contributed by atoms with E-state index in [0.29, 0.717) is 19.3 Å². The summed E-state index contributed by atoms with van der Waals surface area (Å²) in [5.41, 5.74) is 0. The quantitative estimate of drug-likeness (QED) is 0.693. The largest absolute Gasteiger partial charge is 0.480 e. The Morgan fingerprint density at radius 3 is 2.35 bits per heavy atom. The van der Waals surface area contributed by atoms with E-state index in [2.05, 4.69) is 0 Å². The Morgan fingerprint density at radius 1 is 1.41 bits per heavy atom. The van der Waals surface area contributed by atoms with Crippen LogP contribution in [0.15, 0.2) is 0 Å². The van der Waals surface area contributed by atoms with E-state index in [1.54, 1.807) is 0 Å². The highest BCUT2D eigenvalue weighted by Gasteiger charge is 2.49. The van der Waals surface area contributed by atoms with Crippen molar-refractivity contribution < 1.29 is 24.2 Å². The second kappa shape index (κ2) is 4.44. The van der Waals surface area contributed by atoms with Gasteiger partial charge in [0.1, 0.15) is 0 Å². The average Bonchev–Trinajstić information content (AvgIpc) is 2.72. The van der Waals surface area contributed by atoms with E-state index < -0.39 is 12.0 Å². The standard InChI is InChI=1S/C11H15NO5/c1-17-5-8(11(15)16)12-9(13)6-2-3-7(4-6)10(12)14/h6-8H,2-5H2,1H3,(H,15,16). The number of carbonyl (C=O) groups is 3. The van der Waals surface area contributed by atoms with Crippen LogP contribution in [0, 0.1) is 11.8 Å². The minimum Gasteiger partial charge on any atom is -0.480 e. The monoisotopic (exact) mass is 241 g/mol. The first-order valence-electron chi connectivity index (χ1n) is 5.65. The number of amides is 2. The summed E-state index contributed by atoms with van der Waals surface area (Å²) >= 11 is 0. The van der Waals surface area contributed by atoms with Crippen molar-refractivity contribution >= 4 is 17.8 Å². The predicted molar refractivity (Wildman–Crippen MR) is 56.0 cm³/mol. The molecular weight excluding hydrogens is 226 g/mol. The van der Waals surface area contributed by atoms with E-state index in [9.17, 15) is 14.4 Å². The fourth-order valence-corrected chi connectivity index (χ4v) is 2.65. The molecule has 1 saturated heterocycles. The fraction of sp³-hybridized carbons (Fsp3) is 0.727. The minimum absolute atomic E-state index is 0.160. The summed E-state index contributed by atoms with van der Waals surface area (Å²) in [7, 11) is 1.35. The van der Waals surface area contributed by atoms with Crippen LogP contribution < -0.4 is 0 Å². The number of aliphatic carboxylic acids is 1. The summed E-state index contributed by atoms with van der Waals surface area (Å²) in [6.07, 6.45) is 1.95. The SMILES string of the molecule is COCC(C(=O)O)N1C(=O)C2CCC(C2)C1=O. The third-order valence-corrected chi connectivity index (χ3v) is 3.53. The molecule has 6 heteroatoms. The molecular formula is C11H15NO5. The first-order valence-corrected chi connectivity index (χ1v) is 5.65. The Balaban J connectivity index is 2.25. The van der Waals surface area contributed by atoms with Crippen LogP contribution in [0.5, 0.6) is 0 Å². The van der Waals surface area contributed by atoms with Gasteiger partial charge in [-0.15, -0.1) is 0 Å². The highest BCUT2D eigenvalue weighted by Crippen LogP contribution is 2.38. The van der Waals surface area contributed by atoms with Crippen LogP contribution in [-0.2, 0) is 19.1 Å². The number of piperidine rings is 1. The third kappa shape index (κ3) is 1.93. The first kappa shape index (κ1) is 12.0. The Labute approximate surface area is 98.5 Å². The maximum atomic E-state index is 12.0. The van der Waals surface area contributed by atoms with E-state index in [1.807, 2.05) is 0 Å². The molecule has 94 valence electrons. The van der Waals surface area contributed by atoms with Gasteiger partial charge in [-0.05, 0) is 19.3 Å². The maximum Gasteiger partial charge on any atom is 0.329 e. The number of nitrogens with zero attached hydrogens (tertiary/aromatic N) is 1. The molecule has 2 fully saturated rings. The smallest absolute Gasteiger partial charge is 0.329 e. The van der Waals surface area contributed by atoms with E-state index in [1.165, 1.54) is 7.11 Å². The molecule has 2 bridgehead atoms. The number of carboxylic acid groups (broad SMARTS) is 1. The number of rotatable bonds is 4. The molecule has 17 heavy (non-hydrogen) atoms. The van der Waals surface area contributed by atoms with E-state index in [0.717, 1.165) is 4.90 Å². The first-order chi connectivity index (χ1) is 8.06. The fourth-order valence-electron chi connectivity index (χ4n) is 2.65. The van der Waals surface area contributed by atoms with Gasteiger partial charge in [-0.3, -0.25) is 14.5 Å². The molecule has 1 aliphatic carbocycles. The number of carboxylic acids is 1. The zero-order chi connectivity index (χ0) is 12.6. The number of carbonyl (C=O) groups excluding carboxylic acids is 2. The van der Waals surface area contributed by atoms with E-state index in [4.69, 9.17) is 9.84 Å². The molecule has 1 heterocycles. The number of hydrogen-bond donors (Lipinski definition) is 1. The van der Waals surface area contributed by atoms with Crippen molar-refractivity contribution in [3.05, 3.63) is 0 Å². The summed E-state index contributed by atoms with van der Waals surface area (Å²) in [5, 5.41) is 9.06. The maximum absolute atomic E-state index is 12.0. The number of hydrogen-bond acceptors (Lipinski definition) is 4. The molecule has 2 aliphatic rings. The lowest BCUT2D eigenvalue weighted by atomic mass is 9.95. The second-order valence-electron chi connectivity index (χ2n) is 4.56. The predicted octanol–water partition coefficient (Wildman–Crippen LogP) is -0.129. The number of methoxy groups -OCH3 is 1. The Bertz CT molecular complexity index is 345.